The van der Waals surface area contributed by atoms with Crippen LogP contribution in [0.4, 0.5) is 0 Å². The van der Waals surface area contributed by atoms with Crippen molar-refractivity contribution in [3.05, 3.63) is 53.9 Å². The van der Waals surface area contributed by atoms with Crippen LogP contribution in [0, 0.1) is 0 Å². The summed E-state index contributed by atoms with van der Waals surface area (Å²) >= 11 is 0. The van der Waals surface area contributed by atoms with Gasteiger partial charge in [-0.25, -0.2) is 0 Å². The van der Waals surface area contributed by atoms with E-state index in [0.717, 1.165) is 18.4 Å². The molecule has 1 atom stereocenters. The summed E-state index contributed by atoms with van der Waals surface area (Å²) in [6, 6.07) is 10.3. The Bertz CT molecular complexity index is 702. The van der Waals surface area contributed by atoms with Crippen molar-refractivity contribution >= 4 is 5.91 Å². The molecule has 2 aromatic rings. The number of benzene rings is 1. The van der Waals surface area contributed by atoms with Crippen LogP contribution >= 0.6 is 0 Å². The molecular formula is C21H30N4O. The summed E-state index contributed by atoms with van der Waals surface area (Å²) in [5.41, 5.74) is 2.28. The molecule has 1 aromatic carbocycles. The second-order valence-corrected chi connectivity index (χ2v) is 7.45. The summed E-state index contributed by atoms with van der Waals surface area (Å²) in [5, 5.41) is 10.5. The van der Waals surface area contributed by atoms with Gasteiger partial charge >= 0.3 is 0 Å². The van der Waals surface area contributed by atoms with E-state index in [9.17, 15) is 4.79 Å². The van der Waals surface area contributed by atoms with Crippen LogP contribution in [0.25, 0.3) is 0 Å². The maximum Gasteiger partial charge on any atom is 0.241 e. The summed E-state index contributed by atoms with van der Waals surface area (Å²) < 4.78 is 1.73. The Hall–Kier alpha value is -2.14. The van der Waals surface area contributed by atoms with Gasteiger partial charge in [0.05, 0.1) is 6.20 Å². The van der Waals surface area contributed by atoms with E-state index in [2.05, 4.69) is 46.1 Å². The second-order valence-electron chi connectivity index (χ2n) is 7.45. The van der Waals surface area contributed by atoms with Crippen molar-refractivity contribution in [1.82, 2.24) is 20.4 Å². The van der Waals surface area contributed by atoms with Crippen LogP contribution in [0.5, 0.6) is 0 Å². The third kappa shape index (κ3) is 4.15. The first kappa shape index (κ1) is 18.6. The molecule has 1 aromatic heterocycles. The number of nitrogens with zero attached hydrogens (tertiary/aromatic N) is 2. The molecule has 1 heterocycles. The number of amides is 1. The van der Waals surface area contributed by atoms with E-state index < -0.39 is 0 Å². The smallest absolute Gasteiger partial charge is 0.241 e. The minimum Gasteiger partial charge on any atom is -0.354 e. The number of nitrogens with one attached hydrogen (secondary N) is 2. The molecule has 140 valence electrons. The minimum absolute atomic E-state index is 0.0139. The SMILES string of the molecule is CNC(C(=O)NCC1(c2ccccc2)CCCCCC1)c1cnn(C)c1. The molecule has 5 heteroatoms. The molecule has 1 fully saturated rings. The molecule has 5 nitrogen and oxygen atoms in total. The maximum absolute atomic E-state index is 12.9. The Labute approximate surface area is 156 Å². The number of hydrogen-bond donors (Lipinski definition) is 2. The zero-order chi connectivity index (χ0) is 18.4. The van der Waals surface area contributed by atoms with Crippen molar-refractivity contribution in [2.45, 2.75) is 50.0 Å². The molecule has 26 heavy (non-hydrogen) atoms. The summed E-state index contributed by atoms with van der Waals surface area (Å²) in [6.45, 7) is 0.689. The van der Waals surface area contributed by atoms with Gasteiger partial charge in [0.25, 0.3) is 0 Å². The second kappa shape index (κ2) is 8.49. The number of aryl methyl sites for hydroxylation is 1. The summed E-state index contributed by atoms with van der Waals surface area (Å²) in [6.07, 6.45) is 10.9. The zero-order valence-corrected chi connectivity index (χ0v) is 15.9. The predicted molar refractivity (Wildman–Crippen MR) is 104 cm³/mol. The van der Waals surface area contributed by atoms with E-state index in [1.165, 1.54) is 31.2 Å². The monoisotopic (exact) mass is 354 g/mol. The van der Waals surface area contributed by atoms with Gasteiger partial charge in [-0.2, -0.15) is 5.10 Å². The van der Waals surface area contributed by atoms with Crippen LogP contribution in [0.2, 0.25) is 0 Å². The van der Waals surface area contributed by atoms with Crippen LogP contribution in [-0.2, 0) is 17.3 Å². The molecule has 1 aliphatic carbocycles. The highest BCUT2D eigenvalue weighted by molar-refractivity contribution is 5.83. The molecule has 0 bridgehead atoms. The van der Waals surface area contributed by atoms with Crippen LogP contribution in [0.1, 0.15) is 55.7 Å². The van der Waals surface area contributed by atoms with Crippen molar-refractivity contribution in [3.63, 3.8) is 0 Å². The topological polar surface area (TPSA) is 59.0 Å². The average Bonchev–Trinajstić information content (AvgIpc) is 2.94. The van der Waals surface area contributed by atoms with E-state index in [-0.39, 0.29) is 17.4 Å². The van der Waals surface area contributed by atoms with Gasteiger partial charge in [-0.3, -0.25) is 9.48 Å². The van der Waals surface area contributed by atoms with Gasteiger partial charge in [0, 0.05) is 30.8 Å². The minimum atomic E-state index is -0.373. The lowest BCUT2D eigenvalue weighted by atomic mass is 9.74. The lowest BCUT2D eigenvalue weighted by molar-refractivity contribution is -0.123. The molecule has 2 N–H and O–H groups in total. The third-order valence-corrected chi connectivity index (χ3v) is 5.66. The fraction of sp³-hybridized carbons (Fsp3) is 0.524. The Balaban J connectivity index is 1.76. The molecule has 1 saturated carbocycles. The predicted octanol–water partition coefficient (Wildman–Crippen LogP) is 3.09. The molecule has 0 saturated heterocycles. The molecule has 0 spiro atoms. The van der Waals surface area contributed by atoms with E-state index in [1.807, 2.05) is 20.3 Å². The van der Waals surface area contributed by atoms with Crippen LogP contribution in [0.3, 0.4) is 0 Å². The van der Waals surface area contributed by atoms with Crippen molar-refractivity contribution in [1.29, 1.82) is 0 Å². The van der Waals surface area contributed by atoms with Gasteiger partial charge in [-0.15, -0.1) is 0 Å². The van der Waals surface area contributed by atoms with Crippen molar-refractivity contribution < 1.29 is 4.79 Å². The lowest BCUT2D eigenvalue weighted by Crippen LogP contribution is -2.44. The first-order valence-electron chi connectivity index (χ1n) is 9.64. The van der Waals surface area contributed by atoms with Crippen molar-refractivity contribution in [3.8, 4) is 0 Å². The molecular weight excluding hydrogens is 324 g/mol. The number of hydrogen-bond acceptors (Lipinski definition) is 3. The highest BCUT2D eigenvalue weighted by Crippen LogP contribution is 2.38. The maximum atomic E-state index is 12.9. The van der Waals surface area contributed by atoms with E-state index >= 15 is 0 Å². The Morgan fingerprint density at radius 2 is 1.88 bits per heavy atom. The normalized spacial score (nSPS) is 18.1. The van der Waals surface area contributed by atoms with Crippen molar-refractivity contribution in [2.24, 2.45) is 7.05 Å². The van der Waals surface area contributed by atoms with Gasteiger partial charge in [0.2, 0.25) is 5.91 Å². The van der Waals surface area contributed by atoms with E-state index in [1.54, 1.807) is 10.9 Å². The van der Waals surface area contributed by atoms with Crippen LogP contribution in [-0.4, -0.2) is 29.3 Å². The average molecular weight is 354 g/mol. The van der Waals surface area contributed by atoms with Gasteiger partial charge in [0.1, 0.15) is 6.04 Å². The fourth-order valence-corrected chi connectivity index (χ4v) is 4.16. The number of carbonyl (C=O) groups is 1. The first-order chi connectivity index (χ1) is 12.6. The van der Waals surface area contributed by atoms with Gasteiger partial charge < -0.3 is 10.6 Å². The lowest BCUT2D eigenvalue weighted by Gasteiger charge is -2.34. The highest BCUT2D eigenvalue weighted by Gasteiger charge is 2.34. The number of aromatic nitrogens is 2. The Morgan fingerprint density at radius 3 is 2.46 bits per heavy atom. The van der Waals surface area contributed by atoms with Gasteiger partial charge in [0.15, 0.2) is 0 Å². The quantitative estimate of drug-likeness (QED) is 0.784. The fourth-order valence-electron chi connectivity index (χ4n) is 4.16. The standard InChI is InChI=1S/C21H30N4O/c1-22-19(17-14-24-25(2)15-17)20(26)23-16-21(12-8-3-4-9-13-21)18-10-6-5-7-11-18/h5-7,10-11,14-15,19,22H,3-4,8-9,12-13,16H2,1-2H3,(H,23,26). The molecule has 0 aliphatic heterocycles. The molecule has 1 unspecified atom stereocenters. The molecule has 0 radical (unpaired) electrons. The third-order valence-electron chi connectivity index (χ3n) is 5.66. The number of rotatable bonds is 6. The molecule has 3 rings (SSSR count). The largest absolute Gasteiger partial charge is 0.354 e. The van der Waals surface area contributed by atoms with E-state index in [4.69, 9.17) is 0 Å². The Kier molecular flexibility index (Phi) is 6.09. The van der Waals surface area contributed by atoms with Gasteiger partial charge in [-0.1, -0.05) is 56.0 Å². The molecule has 1 amide bonds. The number of carbonyl (C=O) groups excluding carboxylic acids is 1. The summed E-state index contributed by atoms with van der Waals surface area (Å²) in [5.74, 6) is 0.0139. The van der Waals surface area contributed by atoms with Crippen molar-refractivity contribution in [2.75, 3.05) is 13.6 Å². The Morgan fingerprint density at radius 1 is 1.19 bits per heavy atom. The van der Waals surface area contributed by atoms with Crippen LogP contribution in [0.15, 0.2) is 42.7 Å². The van der Waals surface area contributed by atoms with Crippen LogP contribution < -0.4 is 10.6 Å². The number of likely N-dealkylation sites (N-methyl/N-ethyl adjacent to an activating group) is 1. The van der Waals surface area contributed by atoms with Gasteiger partial charge in [-0.05, 0) is 25.5 Å². The highest BCUT2D eigenvalue weighted by atomic mass is 16.2. The van der Waals surface area contributed by atoms with E-state index in [0.29, 0.717) is 6.54 Å². The molecule has 1 aliphatic rings. The summed E-state index contributed by atoms with van der Waals surface area (Å²) in [4.78, 5) is 12.9. The zero-order valence-electron chi connectivity index (χ0n) is 15.9. The first-order valence-corrected chi connectivity index (χ1v) is 9.64. The summed E-state index contributed by atoms with van der Waals surface area (Å²) in [7, 11) is 3.68.